The molecule has 1 aliphatic carbocycles. The van der Waals surface area contributed by atoms with Gasteiger partial charge in [0.05, 0.1) is 6.61 Å². The van der Waals surface area contributed by atoms with Gasteiger partial charge in [-0.3, -0.25) is 4.90 Å². The van der Waals surface area contributed by atoms with Crippen molar-refractivity contribution < 1.29 is 24.2 Å². The summed E-state index contributed by atoms with van der Waals surface area (Å²) in [5.41, 5.74) is 4.51. The summed E-state index contributed by atoms with van der Waals surface area (Å²) in [5.74, 6) is -1.18. The minimum absolute atomic E-state index is 0.0654. The molecule has 1 N–H and O–H groups in total. The van der Waals surface area contributed by atoms with E-state index in [2.05, 4.69) is 12.1 Å². The Morgan fingerprint density at radius 3 is 2.18 bits per heavy atom. The topological polar surface area (TPSA) is 76.1 Å². The second-order valence-corrected chi connectivity index (χ2v) is 6.84. The van der Waals surface area contributed by atoms with Crippen molar-refractivity contribution in [2.75, 3.05) is 26.9 Å². The van der Waals surface area contributed by atoms with Gasteiger partial charge in [-0.25, -0.2) is 9.59 Å². The number of benzene rings is 2. The molecule has 0 fully saturated rings. The zero-order valence-electron chi connectivity index (χ0n) is 16.1. The summed E-state index contributed by atoms with van der Waals surface area (Å²) >= 11 is 0. The van der Waals surface area contributed by atoms with Crippen molar-refractivity contribution >= 4 is 12.1 Å². The number of nitrogens with zero attached hydrogens (tertiary/aromatic N) is 1. The lowest BCUT2D eigenvalue weighted by Crippen LogP contribution is -2.45. The average molecular weight is 383 g/mol. The number of carboxylic acid groups (broad SMARTS) is 1. The van der Waals surface area contributed by atoms with Crippen molar-refractivity contribution in [2.45, 2.75) is 25.3 Å². The number of aliphatic carboxylic acids is 1. The van der Waals surface area contributed by atoms with Gasteiger partial charge in [0.25, 0.3) is 0 Å². The summed E-state index contributed by atoms with van der Waals surface area (Å²) < 4.78 is 10.8. The van der Waals surface area contributed by atoms with Crippen LogP contribution in [0, 0.1) is 0 Å². The van der Waals surface area contributed by atoms with Crippen molar-refractivity contribution in [1.82, 2.24) is 4.90 Å². The Morgan fingerprint density at radius 1 is 1.07 bits per heavy atom. The van der Waals surface area contributed by atoms with Gasteiger partial charge < -0.3 is 14.6 Å². The highest BCUT2D eigenvalue weighted by molar-refractivity contribution is 5.81. The minimum atomic E-state index is -1.12. The van der Waals surface area contributed by atoms with Gasteiger partial charge in [0.1, 0.15) is 6.61 Å². The Morgan fingerprint density at radius 2 is 1.64 bits per heavy atom. The van der Waals surface area contributed by atoms with Gasteiger partial charge in [0, 0.05) is 19.6 Å². The lowest BCUT2D eigenvalue weighted by atomic mass is 9.98. The highest BCUT2D eigenvalue weighted by Gasteiger charge is 2.31. The zero-order chi connectivity index (χ0) is 20.1. The number of hydrogen-bond donors (Lipinski definition) is 1. The van der Waals surface area contributed by atoms with Crippen molar-refractivity contribution in [3.8, 4) is 11.1 Å². The molecular weight excluding hydrogens is 358 g/mol. The van der Waals surface area contributed by atoms with Crippen LogP contribution in [0.15, 0.2) is 48.5 Å². The predicted molar refractivity (Wildman–Crippen MR) is 105 cm³/mol. The maximum atomic E-state index is 12.5. The van der Waals surface area contributed by atoms with Crippen LogP contribution in [0.2, 0.25) is 0 Å². The summed E-state index contributed by atoms with van der Waals surface area (Å²) in [6, 6.07) is 15.0. The lowest BCUT2D eigenvalue weighted by molar-refractivity contribution is -0.144. The molecule has 2 aromatic carbocycles. The van der Waals surface area contributed by atoms with Gasteiger partial charge in [-0.1, -0.05) is 55.5 Å². The van der Waals surface area contributed by atoms with E-state index in [-0.39, 0.29) is 19.1 Å². The molecule has 3 rings (SSSR count). The van der Waals surface area contributed by atoms with Crippen LogP contribution >= 0.6 is 0 Å². The third-order valence-electron chi connectivity index (χ3n) is 5.00. The molecular formula is C22H25NO5. The third-order valence-corrected chi connectivity index (χ3v) is 5.00. The Balaban J connectivity index is 1.69. The fourth-order valence-corrected chi connectivity index (χ4v) is 3.51. The van der Waals surface area contributed by atoms with E-state index in [4.69, 9.17) is 9.47 Å². The van der Waals surface area contributed by atoms with Crippen LogP contribution in [0.3, 0.4) is 0 Å². The first kappa shape index (κ1) is 19.9. The number of carboxylic acids is 1. The molecule has 0 aromatic heterocycles. The van der Waals surface area contributed by atoms with E-state index in [1.807, 2.05) is 43.3 Å². The Bertz CT molecular complexity index is 805. The first-order valence-electron chi connectivity index (χ1n) is 9.43. The number of fused-ring (bicyclic) bond motifs is 3. The average Bonchev–Trinajstić information content (AvgIpc) is 3.02. The molecule has 0 saturated heterocycles. The molecule has 0 spiro atoms. The first-order valence-corrected chi connectivity index (χ1v) is 9.43. The summed E-state index contributed by atoms with van der Waals surface area (Å²) in [6.07, 6.45) is 0.107. The van der Waals surface area contributed by atoms with Crippen LogP contribution in [0.5, 0.6) is 0 Å². The molecule has 0 unspecified atom stereocenters. The van der Waals surface area contributed by atoms with Crippen LogP contribution in [-0.2, 0) is 14.3 Å². The van der Waals surface area contributed by atoms with E-state index >= 15 is 0 Å². The number of ether oxygens (including phenoxy) is 2. The maximum Gasteiger partial charge on any atom is 0.410 e. The van der Waals surface area contributed by atoms with Gasteiger partial charge in [0.15, 0.2) is 6.04 Å². The quantitative estimate of drug-likeness (QED) is 0.703. The molecule has 148 valence electrons. The second kappa shape index (κ2) is 8.89. The molecule has 6 heteroatoms. The number of likely N-dealkylation sites (N-methyl/N-ethyl adjacent to an activating group) is 1. The molecule has 6 nitrogen and oxygen atoms in total. The van der Waals surface area contributed by atoms with E-state index in [1.54, 1.807) is 0 Å². The fraction of sp³-hybridized carbons (Fsp3) is 0.364. The molecule has 2 aromatic rings. The molecule has 1 atom stereocenters. The molecule has 0 radical (unpaired) electrons. The summed E-state index contributed by atoms with van der Waals surface area (Å²) in [5, 5.41) is 9.40. The smallest absolute Gasteiger partial charge is 0.410 e. The fourth-order valence-electron chi connectivity index (χ4n) is 3.51. The Labute approximate surface area is 164 Å². The highest BCUT2D eigenvalue weighted by atomic mass is 16.6. The standard InChI is InChI=1S/C22H25NO5/c1-3-12-27-14-20(21(24)25)23(2)22(26)28-13-19-17-10-6-4-8-15(17)16-9-5-7-11-18(16)19/h4-11,19-20H,3,12-14H2,1-2H3,(H,24,25)/t20-/m0/s1. The van der Waals surface area contributed by atoms with E-state index < -0.39 is 18.1 Å². The molecule has 1 aliphatic rings. The van der Waals surface area contributed by atoms with Crippen LogP contribution < -0.4 is 0 Å². The van der Waals surface area contributed by atoms with Crippen molar-refractivity contribution in [3.63, 3.8) is 0 Å². The molecule has 0 bridgehead atoms. The zero-order valence-corrected chi connectivity index (χ0v) is 16.1. The largest absolute Gasteiger partial charge is 0.480 e. The van der Waals surface area contributed by atoms with Crippen molar-refractivity contribution in [2.24, 2.45) is 0 Å². The number of carbonyl (C=O) groups excluding carboxylic acids is 1. The molecule has 28 heavy (non-hydrogen) atoms. The second-order valence-electron chi connectivity index (χ2n) is 6.84. The van der Waals surface area contributed by atoms with Crippen LogP contribution in [0.4, 0.5) is 4.79 Å². The van der Waals surface area contributed by atoms with Gasteiger partial charge in [-0.15, -0.1) is 0 Å². The normalized spacial score (nSPS) is 13.5. The Kier molecular flexibility index (Phi) is 6.31. The van der Waals surface area contributed by atoms with Crippen molar-refractivity contribution in [1.29, 1.82) is 0 Å². The molecule has 0 heterocycles. The van der Waals surface area contributed by atoms with Gasteiger partial charge >= 0.3 is 12.1 Å². The first-order chi connectivity index (χ1) is 13.5. The van der Waals surface area contributed by atoms with Gasteiger partial charge in [-0.05, 0) is 28.7 Å². The Hall–Kier alpha value is -2.86. The van der Waals surface area contributed by atoms with Crippen molar-refractivity contribution in [3.05, 3.63) is 59.7 Å². The van der Waals surface area contributed by atoms with E-state index in [0.29, 0.717) is 6.61 Å². The monoisotopic (exact) mass is 383 g/mol. The summed E-state index contributed by atoms with van der Waals surface area (Å²) in [6.45, 7) is 2.47. The number of carbonyl (C=O) groups is 2. The molecule has 0 saturated carbocycles. The number of rotatable bonds is 8. The van der Waals surface area contributed by atoms with E-state index in [9.17, 15) is 14.7 Å². The van der Waals surface area contributed by atoms with Gasteiger partial charge in [0.2, 0.25) is 0 Å². The third kappa shape index (κ3) is 4.02. The predicted octanol–water partition coefficient (Wildman–Crippen LogP) is 3.75. The minimum Gasteiger partial charge on any atom is -0.480 e. The number of amides is 1. The maximum absolute atomic E-state index is 12.5. The van der Waals surface area contributed by atoms with Crippen LogP contribution in [-0.4, -0.2) is 55.0 Å². The molecule has 1 amide bonds. The van der Waals surface area contributed by atoms with Gasteiger partial charge in [-0.2, -0.15) is 0 Å². The van der Waals surface area contributed by atoms with E-state index in [1.165, 1.54) is 7.05 Å². The summed E-state index contributed by atoms with van der Waals surface area (Å²) in [4.78, 5) is 25.1. The SMILES string of the molecule is CCCOC[C@@H](C(=O)O)N(C)C(=O)OCC1c2ccccc2-c2ccccc21. The lowest BCUT2D eigenvalue weighted by Gasteiger charge is -2.25. The van der Waals surface area contributed by atoms with Crippen LogP contribution in [0.25, 0.3) is 11.1 Å². The van der Waals surface area contributed by atoms with E-state index in [0.717, 1.165) is 33.6 Å². The molecule has 0 aliphatic heterocycles. The number of hydrogen-bond acceptors (Lipinski definition) is 4. The summed E-state index contributed by atoms with van der Waals surface area (Å²) in [7, 11) is 1.42. The van der Waals surface area contributed by atoms with Crippen LogP contribution in [0.1, 0.15) is 30.4 Å². The highest BCUT2D eigenvalue weighted by Crippen LogP contribution is 2.44.